The summed E-state index contributed by atoms with van der Waals surface area (Å²) in [5.41, 5.74) is 0.727. The Labute approximate surface area is 147 Å². The minimum absolute atomic E-state index is 0.0251. The second-order valence-electron chi connectivity index (χ2n) is 7.08. The van der Waals surface area contributed by atoms with E-state index < -0.39 is 0 Å². The Morgan fingerprint density at radius 3 is 1.67 bits per heavy atom. The van der Waals surface area contributed by atoms with Crippen molar-refractivity contribution in [3.05, 3.63) is 28.0 Å². The van der Waals surface area contributed by atoms with Gasteiger partial charge < -0.3 is 5.11 Å². The van der Waals surface area contributed by atoms with Crippen LogP contribution in [0.5, 0.6) is 5.88 Å². The summed E-state index contributed by atoms with van der Waals surface area (Å²) in [4.78, 5) is 13.6. The zero-order valence-corrected chi connectivity index (χ0v) is 15.6. The van der Waals surface area contributed by atoms with Crippen LogP contribution in [0.3, 0.4) is 0 Å². The minimum atomic E-state index is -0.213. The largest absolute Gasteiger partial charge is 0.495 e. The minimum Gasteiger partial charge on any atom is -0.495 e. The lowest BCUT2D eigenvalue weighted by molar-refractivity contribution is 0.450. The predicted octanol–water partition coefficient (Wildman–Crippen LogP) is 6.10. The number of pyridine rings is 1. The van der Waals surface area contributed by atoms with E-state index in [1.165, 1.54) is 83.5 Å². The van der Waals surface area contributed by atoms with Crippen molar-refractivity contribution in [2.24, 2.45) is 0 Å². The second kappa shape index (κ2) is 14.1. The molecule has 138 valence electrons. The molecule has 0 atom stereocenters. The van der Waals surface area contributed by atoms with Crippen molar-refractivity contribution in [1.29, 1.82) is 0 Å². The number of aromatic hydroxyl groups is 1. The van der Waals surface area contributed by atoms with Gasteiger partial charge in [-0.15, -0.1) is 0 Å². The normalized spacial score (nSPS) is 11.0. The van der Waals surface area contributed by atoms with Crippen LogP contribution < -0.4 is 5.56 Å². The van der Waals surface area contributed by atoms with Crippen molar-refractivity contribution < 1.29 is 5.11 Å². The van der Waals surface area contributed by atoms with Crippen molar-refractivity contribution in [3.8, 4) is 5.88 Å². The first kappa shape index (κ1) is 20.8. The first-order chi connectivity index (χ1) is 11.7. The number of unbranched alkanes of at least 4 members (excludes halogenated alkanes) is 13. The first-order valence-corrected chi connectivity index (χ1v) is 10.1. The Morgan fingerprint density at radius 1 is 0.750 bits per heavy atom. The van der Waals surface area contributed by atoms with Crippen LogP contribution in [0, 0.1) is 0 Å². The summed E-state index contributed by atoms with van der Waals surface area (Å²) in [7, 11) is 0. The molecule has 1 aromatic rings. The number of aryl methyl sites for hydroxylation is 1. The zero-order valence-electron chi connectivity index (χ0n) is 15.6. The molecule has 1 rings (SSSR count). The highest BCUT2D eigenvalue weighted by Gasteiger charge is 1.99. The molecule has 0 aliphatic heterocycles. The molecule has 24 heavy (non-hydrogen) atoms. The monoisotopic (exact) mass is 335 g/mol. The fraction of sp³-hybridized carbons (Fsp3) is 0.762. The van der Waals surface area contributed by atoms with Gasteiger partial charge in [0, 0.05) is 12.1 Å². The number of aromatic nitrogens is 1. The fourth-order valence-corrected chi connectivity index (χ4v) is 3.25. The van der Waals surface area contributed by atoms with Gasteiger partial charge >= 0.3 is 0 Å². The number of H-pyrrole nitrogens is 1. The Kier molecular flexibility index (Phi) is 12.2. The molecule has 0 spiro atoms. The quantitative estimate of drug-likeness (QED) is 0.380. The molecule has 0 aromatic carbocycles. The van der Waals surface area contributed by atoms with Gasteiger partial charge in [0.05, 0.1) is 0 Å². The van der Waals surface area contributed by atoms with Gasteiger partial charge in [0.2, 0.25) is 0 Å². The van der Waals surface area contributed by atoms with Gasteiger partial charge in [-0.1, -0.05) is 90.4 Å². The summed E-state index contributed by atoms with van der Waals surface area (Å²) in [5.74, 6) is -0.0251. The summed E-state index contributed by atoms with van der Waals surface area (Å²) < 4.78 is 0. The molecular weight excluding hydrogens is 298 g/mol. The highest BCUT2D eigenvalue weighted by molar-refractivity contribution is 5.19. The molecule has 3 nitrogen and oxygen atoms in total. The molecule has 0 saturated heterocycles. The number of nitrogens with one attached hydrogen (secondary N) is 1. The number of hydrogen-bond donors (Lipinski definition) is 2. The van der Waals surface area contributed by atoms with Gasteiger partial charge in [-0.25, -0.2) is 0 Å². The van der Waals surface area contributed by atoms with Crippen molar-refractivity contribution >= 4 is 0 Å². The molecular formula is C21H37NO2. The molecule has 1 aromatic heterocycles. The highest BCUT2D eigenvalue weighted by atomic mass is 16.3. The summed E-state index contributed by atoms with van der Waals surface area (Å²) in [6, 6.07) is 3.24. The molecule has 0 aliphatic rings. The zero-order chi connectivity index (χ0) is 17.5. The summed E-state index contributed by atoms with van der Waals surface area (Å²) >= 11 is 0. The van der Waals surface area contributed by atoms with E-state index in [9.17, 15) is 9.90 Å². The lowest BCUT2D eigenvalue weighted by Gasteiger charge is -2.04. The third-order valence-corrected chi connectivity index (χ3v) is 4.71. The van der Waals surface area contributed by atoms with E-state index >= 15 is 0 Å². The molecule has 2 N–H and O–H groups in total. The van der Waals surface area contributed by atoms with Crippen LogP contribution in [0.1, 0.15) is 102 Å². The molecule has 0 radical (unpaired) electrons. The summed E-state index contributed by atoms with van der Waals surface area (Å²) in [6.45, 7) is 2.27. The van der Waals surface area contributed by atoms with E-state index in [0.717, 1.165) is 18.4 Å². The SMILES string of the molecule is CCCCCCCCCCCCCCCCc1cc(O)[nH]c(=O)c1. The van der Waals surface area contributed by atoms with Crippen LogP contribution in [0.2, 0.25) is 0 Å². The number of rotatable bonds is 15. The molecule has 0 unspecified atom stereocenters. The van der Waals surface area contributed by atoms with Crippen LogP contribution in [-0.2, 0) is 6.42 Å². The second-order valence-corrected chi connectivity index (χ2v) is 7.08. The van der Waals surface area contributed by atoms with E-state index in [4.69, 9.17) is 0 Å². The predicted molar refractivity (Wildman–Crippen MR) is 103 cm³/mol. The van der Waals surface area contributed by atoms with Crippen molar-refractivity contribution in [2.45, 2.75) is 103 Å². The molecule has 0 fully saturated rings. The molecule has 3 heteroatoms. The molecule has 0 bridgehead atoms. The lowest BCUT2D eigenvalue weighted by atomic mass is 10.0. The fourth-order valence-electron chi connectivity index (χ4n) is 3.25. The van der Waals surface area contributed by atoms with Crippen LogP contribution in [-0.4, -0.2) is 10.1 Å². The van der Waals surface area contributed by atoms with Crippen LogP contribution in [0.15, 0.2) is 16.9 Å². The smallest absolute Gasteiger partial charge is 0.250 e. The van der Waals surface area contributed by atoms with Crippen LogP contribution >= 0.6 is 0 Å². The Hall–Kier alpha value is -1.25. The highest BCUT2D eigenvalue weighted by Crippen LogP contribution is 2.14. The topological polar surface area (TPSA) is 53.1 Å². The average molecular weight is 336 g/mol. The molecule has 0 aliphatic carbocycles. The maximum absolute atomic E-state index is 11.2. The first-order valence-electron chi connectivity index (χ1n) is 10.1. The average Bonchev–Trinajstić information content (AvgIpc) is 2.54. The van der Waals surface area contributed by atoms with Crippen molar-refractivity contribution in [2.75, 3.05) is 0 Å². The van der Waals surface area contributed by atoms with Gasteiger partial charge in [0.1, 0.15) is 0 Å². The Bertz CT molecular complexity index is 467. The van der Waals surface area contributed by atoms with Gasteiger partial charge in [-0.3, -0.25) is 9.78 Å². The van der Waals surface area contributed by atoms with E-state index in [-0.39, 0.29) is 11.4 Å². The molecule has 1 heterocycles. The third kappa shape index (κ3) is 11.3. The van der Waals surface area contributed by atoms with Crippen molar-refractivity contribution in [3.63, 3.8) is 0 Å². The Balaban J connectivity index is 1.84. The van der Waals surface area contributed by atoms with Crippen molar-refractivity contribution in [1.82, 2.24) is 4.98 Å². The van der Waals surface area contributed by atoms with E-state index in [1.807, 2.05) is 0 Å². The standard InChI is InChI=1S/C21H37NO2/c1-2-3-4-5-6-7-8-9-10-11-12-13-14-15-16-19-17-20(23)22-21(24)18-19/h17-18H,2-16H2,1H3,(H2,22,23,24). The molecule has 0 amide bonds. The van der Waals surface area contributed by atoms with E-state index in [0.29, 0.717) is 0 Å². The number of aromatic amines is 1. The Morgan fingerprint density at radius 2 is 1.21 bits per heavy atom. The van der Waals surface area contributed by atoms with Crippen LogP contribution in [0.4, 0.5) is 0 Å². The summed E-state index contributed by atoms with van der Waals surface area (Å²) in [6.07, 6.45) is 19.8. The molecule has 0 saturated carbocycles. The maximum atomic E-state index is 11.2. The van der Waals surface area contributed by atoms with Gasteiger partial charge in [-0.2, -0.15) is 0 Å². The maximum Gasteiger partial charge on any atom is 0.250 e. The van der Waals surface area contributed by atoms with E-state index in [1.54, 1.807) is 12.1 Å². The third-order valence-electron chi connectivity index (χ3n) is 4.71. The van der Waals surface area contributed by atoms with Gasteiger partial charge in [-0.05, 0) is 18.4 Å². The number of hydrogen-bond acceptors (Lipinski definition) is 2. The van der Waals surface area contributed by atoms with Gasteiger partial charge in [0.25, 0.3) is 5.56 Å². The summed E-state index contributed by atoms with van der Waals surface area (Å²) in [5, 5.41) is 9.35. The van der Waals surface area contributed by atoms with Gasteiger partial charge in [0.15, 0.2) is 5.88 Å². The lowest BCUT2D eigenvalue weighted by Crippen LogP contribution is -2.04. The van der Waals surface area contributed by atoms with Crippen LogP contribution in [0.25, 0.3) is 0 Å². The van der Waals surface area contributed by atoms with E-state index in [2.05, 4.69) is 11.9 Å².